The van der Waals surface area contributed by atoms with Crippen LogP contribution < -0.4 is 4.90 Å². The van der Waals surface area contributed by atoms with Crippen LogP contribution in [-0.4, -0.2) is 56.1 Å². The number of nitrogens with zero attached hydrogens (tertiary/aromatic N) is 3. The molecule has 0 bridgehead atoms. The number of hydrogen-bond donors (Lipinski definition) is 0. The third kappa shape index (κ3) is 4.50. The Morgan fingerprint density at radius 2 is 1.66 bits per heavy atom. The van der Waals surface area contributed by atoms with Gasteiger partial charge in [-0.1, -0.05) is 34.5 Å². The van der Waals surface area contributed by atoms with Crippen LogP contribution >= 0.6 is 34.5 Å². The molecule has 6 nitrogen and oxygen atoms in total. The van der Waals surface area contributed by atoms with Gasteiger partial charge in [0.15, 0.2) is 15.0 Å². The highest BCUT2D eigenvalue weighted by Gasteiger charge is 2.27. The summed E-state index contributed by atoms with van der Waals surface area (Å²) in [6.45, 7) is 2.10. The molecule has 29 heavy (non-hydrogen) atoms. The molecule has 1 amide bonds. The van der Waals surface area contributed by atoms with E-state index < -0.39 is 21.5 Å². The van der Waals surface area contributed by atoms with Crippen LogP contribution in [0.15, 0.2) is 47.4 Å². The van der Waals surface area contributed by atoms with Gasteiger partial charge < -0.3 is 9.80 Å². The number of rotatable bonds is 4. The molecule has 2 heterocycles. The molecule has 0 saturated carbocycles. The first kappa shape index (κ1) is 20.4. The number of hydrogen-bond acceptors (Lipinski definition) is 6. The highest BCUT2D eigenvalue weighted by molar-refractivity contribution is 7.92. The fraction of sp³-hybridized carbons (Fsp3) is 0.263. The normalized spacial score (nSPS) is 15.1. The van der Waals surface area contributed by atoms with Crippen molar-refractivity contribution in [3.8, 4) is 0 Å². The molecule has 0 atom stereocenters. The Hall–Kier alpha value is -1.87. The van der Waals surface area contributed by atoms with Crippen LogP contribution in [0.2, 0.25) is 10.0 Å². The Morgan fingerprint density at radius 1 is 1.00 bits per heavy atom. The van der Waals surface area contributed by atoms with E-state index in [4.69, 9.17) is 23.2 Å². The quantitative estimate of drug-likeness (QED) is 0.581. The topological polar surface area (TPSA) is 70.6 Å². The number of thiazole rings is 1. The van der Waals surface area contributed by atoms with E-state index in [0.29, 0.717) is 36.2 Å². The summed E-state index contributed by atoms with van der Waals surface area (Å²) in [6.07, 6.45) is 0. The average molecular weight is 470 g/mol. The second-order valence-corrected chi connectivity index (χ2v) is 10.6. The van der Waals surface area contributed by atoms with Gasteiger partial charge in [-0.05, 0) is 42.5 Å². The molecule has 1 aromatic heterocycles. The van der Waals surface area contributed by atoms with E-state index in [1.54, 1.807) is 16.2 Å². The van der Waals surface area contributed by atoms with Crippen molar-refractivity contribution in [3.63, 3.8) is 0 Å². The van der Waals surface area contributed by atoms with Gasteiger partial charge in [-0.2, -0.15) is 0 Å². The number of piperazine rings is 1. The zero-order chi connectivity index (χ0) is 20.6. The van der Waals surface area contributed by atoms with Gasteiger partial charge in [0.2, 0.25) is 5.91 Å². The lowest BCUT2D eigenvalue weighted by Crippen LogP contribution is -2.50. The minimum atomic E-state index is -3.70. The molecule has 3 aromatic rings. The zero-order valence-corrected chi connectivity index (χ0v) is 18.4. The van der Waals surface area contributed by atoms with Gasteiger partial charge in [0, 0.05) is 36.2 Å². The van der Waals surface area contributed by atoms with Gasteiger partial charge in [-0.3, -0.25) is 4.79 Å². The molecule has 2 aromatic carbocycles. The predicted molar refractivity (Wildman–Crippen MR) is 117 cm³/mol. The van der Waals surface area contributed by atoms with Gasteiger partial charge in [-0.25, -0.2) is 13.4 Å². The van der Waals surface area contributed by atoms with Gasteiger partial charge in [0.25, 0.3) is 0 Å². The lowest BCUT2D eigenvalue weighted by atomic mass is 10.3. The molecule has 0 aliphatic carbocycles. The molecule has 10 heteroatoms. The van der Waals surface area contributed by atoms with E-state index in [2.05, 4.69) is 9.88 Å². The van der Waals surface area contributed by atoms with Gasteiger partial charge in [0.1, 0.15) is 5.75 Å². The van der Waals surface area contributed by atoms with Crippen LogP contribution in [0, 0.1) is 0 Å². The van der Waals surface area contributed by atoms with Crippen LogP contribution in [0.5, 0.6) is 0 Å². The smallest absolute Gasteiger partial charge is 0.238 e. The monoisotopic (exact) mass is 469 g/mol. The number of halogens is 2. The molecule has 0 unspecified atom stereocenters. The van der Waals surface area contributed by atoms with E-state index >= 15 is 0 Å². The summed E-state index contributed by atoms with van der Waals surface area (Å²) < 4.78 is 26.0. The third-order valence-corrected chi connectivity index (χ3v) is 7.91. The number of aromatic nitrogens is 1. The Balaban J connectivity index is 1.39. The zero-order valence-electron chi connectivity index (χ0n) is 15.2. The SMILES string of the molecule is O=C(CS(=O)(=O)c1ccc(Cl)cc1)N1CCN(c2nc3ccc(Cl)cc3s2)CC1. The minimum Gasteiger partial charge on any atom is -0.345 e. The number of sulfone groups is 1. The maximum absolute atomic E-state index is 12.6. The van der Waals surface area contributed by atoms with Crippen LogP contribution in [-0.2, 0) is 14.6 Å². The summed E-state index contributed by atoms with van der Waals surface area (Å²) in [6, 6.07) is 11.4. The molecule has 152 valence electrons. The standard InChI is InChI=1S/C19H17Cl2N3O3S2/c20-13-1-4-15(5-2-13)29(26,27)12-18(25)23-7-9-24(10-8-23)19-22-16-6-3-14(21)11-17(16)28-19/h1-6,11H,7-10,12H2. The fourth-order valence-electron chi connectivity index (χ4n) is 3.15. The molecular weight excluding hydrogens is 453 g/mol. The maximum atomic E-state index is 12.6. The van der Waals surface area contributed by atoms with Gasteiger partial charge in [-0.15, -0.1) is 0 Å². The van der Waals surface area contributed by atoms with E-state index in [1.807, 2.05) is 18.2 Å². The molecule has 0 radical (unpaired) electrons. The van der Waals surface area contributed by atoms with E-state index in [0.717, 1.165) is 15.3 Å². The Bertz CT molecular complexity index is 1160. The number of fused-ring (bicyclic) bond motifs is 1. The van der Waals surface area contributed by atoms with Crippen molar-refractivity contribution in [2.75, 3.05) is 36.8 Å². The minimum absolute atomic E-state index is 0.0991. The fourth-order valence-corrected chi connectivity index (χ4v) is 5.79. The summed E-state index contributed by atoms with van der Waals surface area (Å²) in [7, 11) is -3.70. The van der Waals surface area contributed by atoms with Crippen LogP contribution in [0.1, 0.15) is 0 Å². The molecule has 1 fully saturated rings. The highest BCUT2D eigenvalue weighted by Crippen LogP contribution is 2.31. The lowest BCUT2D eigenvalue weighted by Gasteiger charge is -2.34. The van der Waals surface area contributed by atoms with Gasteiger partial charge >= 0.3 is 0 Å². The first-order chi connectivity index (χ1) is 13.8. The summed E-state index contributed by atoms with van der Waals surface area (Å²) in [5.41, 5.74) is 0.891. The van der Waals surface area contributed by atoms with Crippen molar-refractivity contribution in [2.24, 2.45) is 0 Å². The summed E-state index contributed by atoms with van der Waals surface area (Å²) in [4.78, 5) is 21.0. The van der Waals surface area contributed by atoms with Crippen molar-refractivity contribution in [2.45, 2.75) is 4.90 Å². The van der Waals surface area contributed by atoms with Crippen LogP contribution in [0.25, 0.3) is 10.2 Å². The Morgan fingerprint density at radius 3 is 2.34 bits per heavy atom. The van der Waals surface area contributed by atoms with E-state index in [-0.39, 0.29) is 4.90 Å². The van der Waals surface area contributed by atoms with Crippen molar-refractivity contribution < 1.29 is 13.2 Å². The molecule has 1 aliphatic heterocycles. The highest BCUT2D eigenvalue weighted by atomic mass is 35.5. The number of benzene rings is 2. The number of anilines is 1. The lowest BCUT2D eigenvalue weighted by molar-refractivity contribution is -0.128. The second kappa shape index (κ2) is 8.10. The van der Waals surface area contributed by atoms with Crippen molar-refractivity contribution >= 4 is 65.6 Å². The van der Waals surface area contributed by atoms with Crippen molar-refractivity contribution in [1.29, 1.82) is 0 Å². The molecule has 1 saturated heterocycles. The molecule has 1 aliphatic rings. The van der Waals surface area contributed by atoms with Crippen molar-refractivity contribution in [3.05, 3.63) is 52.5 Å². The first-order valence-electron chi connectivity index (χ1n) is 8.89. The van der Waals surface area contributed by atoms with E-state index in [9.17, 15) is 13.2 Å². The molecule has 0 N–H and O–H groups in total. The number of amides is 1. The third-order valence-electron chi connectivity index (χ3n) is 4.73. The Kier molecular flexibility index (Phi) is 5.70. The van der Waals surface area contributed by atoms with Crippen molar-refractivity contribution in [1.82, 2.24) is 9.88 Å². The first-order valence-corrected chi connectivity index (χ1v) is 12.1. The van der Waals surface area contributed by atoms with Crippen LogP contribution in [0.4, 0.5) is 5.13 Å². The predicted octanol–water partition coefficient (Wildman–Crippen LogP) is 3.73. The Labute approximate surface area is 182 Å². The number of carbonyl (C=O) groups is 1. The average Bonchev–Trinajstić information content (AvgIpc) is 3.11. The second-order valence-electron chi connectivity index (χ2n) is 6.69. The maximum Gasteiger partial charge on any atom is 0.238 e. The molecule has 4 rings (SSSR count). The summed E-state index contributed by atoms with van der Waals surface area (Å²) in [5.74, 6) is -0.940. The van der Waals surface area contributed by atoms with Crippen LogP contribution in [0.3, 0.4) is 0 Å². The molecular formula is C19H17Cl2N3O3S2. The molecule has 0 spiro atoms. The summed E-state index contributed by atoms with van der Waals surface area (Å²) in [5, 5.41) is 2.00. The number of carbonyl (C=O) groups excluding carboxylic acids is 1. The summed E-state index contributed by atoms with van der Waals surface area (Å²) >= 11 is 13.4. The van der Waals surface area contributed by atoms with E-state index in [1.165, 1.54) is 24.3 Å². The van der Waals surface area contributed by atoms with Gasteiger partial charge in [0.05, 0.1) is 15.1 Å². The largest absolute Gasteiger partial charge is 0.345 e.